The molecule has 0 bridgehead atoms. The van der Waals surface area contributed by atoms with Crippen LogP contribution in [0.15, 0.2) is 64.6 Å². The standard InChI is InChI=1S/C20H24ClN3O/c1-3-24(4-2)13-14-11-16(6-8-20(14)25)23-18-9-10-22-19-12-15(21)5-7-17(18)19/h5-6,8-12,22-23,25H,3-4,7,13H2,1-2H3. The molecular formula is C20H24ClN3O. The second-order valence-electron chi connectivity index (χ2n) is 6.15. The summed E-state index contributed by atoms with van der Waals surface area (Å²) >= 11 is 6.10. The molecule has 1 aliphatic carbocycles. The van der Waals surface area contributed by atoms with Gasteiger partial charge in [-0.1, -0.05) is 31.5 Å². The van der Waals surface area contributed by atoms with Crippen LogP contribution >= 0.6 is 11.6 Å². The molecule has 2 aliphatic rings. The van der Waals surface area contributed by atoms with E-state index in [1.54, 1.807) is 6.07 Å². The molecule has 0 saturated carbocycles. The summed E-state index contributed by atoms with van der Waals surface area (Å²) < 4.78 is 0. The summed E-state index contributed by atoms with van der Waals surface area (Å²) in [6, 6.07) is 5.68. The first-order chi connectivity index (χ1) is 12.1. The first-order valence-electron chi connectivity index (χ1n) is 8.66. The van der Waals surface area contributed by atoms with Crippen LogP contribution in [0.5, 0.6) is 5.75 Å². The van der Waals surface area contributed by atoms with Crippen LogP contribution in [0, 0.1) is 0 Å². The number of phenols is 1. The molecule has 132 valence electrons. The van der Waals surface area contributed by atoms with E-state index in [4.69, 9.17) is 11.6 Å². The van der Waals surface area contributed by atoms with Gasteiger partial charge in [0.15, 0.2) is 0 Å². The third kappa shape index (κ3) is 4.09. The molecule has 1 aliphatic heterocycles. The fraction of sp³-hybridized carbons (Fsp3) is 0.300. The molecule has 25 heavy (non-hydrogen) atoms. The maximum Gasteiger partial charge on any atom is 0.120 e. The van der Waals surface area contributed by atoms with Gasteiger partial charge in [-0.15, -0.1) is 0 Å². The number of hydrogen-bond acceptors (Lipinski definition) is 4. The molecule has 0 amide bonds. The van der Waals surface area contributed by atoms with Crippen LogP contribution in [-0.2, 0) is 6.54 Å². The van der Waals surface area contributed by atoms with Crippen molar-refractivity contribution in [3.05, 3.63) is 70.2 Å². The number of dihydropyridines is 1. The van der Waals surface area contributed by atoms with Crippen LogP contribution in [0.4, 0.5) is 5.69 Å². The Balaban J connectivity index is 1.84. The predicted molar refractivity (Wildman–Crippen MR) is 104 cm³/mol. The summed E-state index contributed by atoms with van der Waals surface area (Å²) in [6.45, 7) is 6.91. The summed E-state index contributed by atoms with van der Waals surface area (Å²) in [5.41, 5.74) is 5.16. The van der Waals surface area contributed by atoms with Gasteiger partial charge in [0.2, 0.25) is 0 Å². The summed E-state index contributed by atoms with van der Waals surface area (Å²) in [4.78, 5) is 2.28. The number of phenolic OH excluding ortho intramolecular Hbond substituents is 1. The molecule has 0 spiro atoms. The topological polar surface area (TPSA) is 47.5 Å². The second kappa shape index (κ2) is 7.81. The number of aromatic hydroxyl groups is 1. The lowest BCUT2D eigenvalue weighted by atomic mass is 9.99. The zero-order valence-electron chi connectivity index (χ0n) is 14.6. The SMILES string of the molecule is CCN(CC)Cc1cc(NC2=C3CC=C(Cl)C=C3NC=C2)ccc1O. The molecule has 5 heteroatoms. The summed E-state index contributed by atoms with van der Waals surface area (Å²) in [5, 5.41) is 17.7. The third-order valence-electron chi connectivity index (χ3n) is 4.57. The molecule has 0 aromatic heterocycles. The molecule has 0 unspecified atom stereocenters. The number of anilines is 1. The lowest BCUT2D eigenvalue weighted by Crippen LogP contribution is -2.22. The van der Waals surface area contributed by atoms with E-state index in [1.807, 2.05) is 36.6 Å². The molecular weight excluding hydrogens is 334 g/mol. The highest BCUT2D eigenvalue weighted by Crippen LogP contribution is 2.31. The Morgan fingerprint density at radius 3 is 2.84 bits per heavy atom. The Bertz CT molecular complexity index is 773. The highest BCUT2D eigenvalue weighted by atomic mass is 35.5. The van der Waals surface area contributed by atoms with Crippen molar-refractivity contribution in [3.8, 4) is 5.75 Å². The van der Waals surface area contributed by atoms with E-state index in [0.717, 1.165) is 53.7 Å². The number of nitrogens with zero attached hydrogens (tertiary/aromatic N) is 1. The lowest BCUT2D eigenvalue weighted by Gasteiger charge is -2.24. The normalized spacial score (nSPS) is 16.3. The molecule has 0 saturated heterocycles. The van der Waals surface area contributed by atoms with Gasteiger partial charge in [0.25, 0.3) is 0 Å². The highest BCUT2D eigenvalue weighted by molar-refractivity contribution is 6.31. The van der Waals surface area contributed by atoms with Crippen molar-refractivity contribution in [1.82, 2.24) is 10.2 Å². The predicted octanol–water partition coefficient (Wildman–Crippen LogP) is 4.43. The van der Waals surface area contributed by atoms with Crippen LogP contribution in [0.1, 0.15) is 25.8 Å². The molecule has 3 rings (SSSR count). The van der Waals surface area contributed by atoms with Crippen molar-refractivity contribution in [2.24, 2.45) is 0 Å². The van der Waals surface area contributed by atoms with Crippen LogP contribution in [0.3, 0.4) is 0 Å². The smallest absolute Gasteiger partial charge is 0.120 e. The molecule has 4 nitrogen and oxygen atoms in total. The van der Waals surface area contributed by atoms with E-state index in [1.165, 1.54) is 5.57 Å². The van der Waals surface area contributed by atoms with Crippen molar-refractivity contribution in [2.75, 3.05) is 18.4 Å². The number of halogens is 1. The van der Waals surface area contributed by atoms with Crippen LogP contribution < -0.4 is 10.6 Å². The number of fused-ring (bicyclic) bond motifs is 1. The molecule has 1 aromatic carbocycles. The Morgan fingerprint density at radius 2 is 2.08 bits per heavy atom. The highest BCUT2D eigenvalue weighted by Gasteiger charge is 2.17. The fourth-order valence-corrected chi connectivity index (χ4v) is 3.23. The number of rotatable bonds is 6. The minimum atomic E-state index is 0.337. The van der Waals surface area contributed by atoms with Gasteiger partial charge in [0.05, 0.1) is 0 Å². The van der Waals surface area contributed by atoms with Crippen LogP contribution in [-0.4, -0.2) is 23.1 Å². The maximum atomic E-state index is 10.2. The first kappa shape index (κ1) is 17.6. The Hall–Kier alpha value is -2.17. The second-order valence-corrected chi connectivity index (χ2v) is 6.59. The van der Waals surface area contributed by atoms with Gasteiger partial charge < -0.3 is 15.7 Å². The van der Waals surface area contributed by atoms with Gasteiger partial charge in [0.1, 0.15) is 5.75 Å². The number of nitrogens with one attached hydrogen (secondary N) is 2. The quantitative estimate of drug-likeness (QED) is 0.659. The monoisotopic (exact) mass is 357 g/mol. The fourth-order valence-electron chi connectivity index (χ4n) is 3.04. The Morgan fingerprint density at radius 1 is 1.28 bits per heavy atom. The summed E-state index contributed by atoms with van der Waals surface area (Å²) in [6.07, 6.45) is 8.66. The van der Waals surface area contributed by atoms with Gasteiger partial charge in [-0.25, -0.2) is 0 Å². The number of hydrogen-bond donors (Lipinski definition) is 3. The van der Waals surface area contributed by atoms with Gasteiger partial charge in [0, 0.05) is 46.0 Å². The van der Waals surface area contributed by atoms with Crippen LogP contribution in [0.2, 0.25) is 0 Å². The van der Waals surface area contributed by atoms with Crippen molar-refractivity contribution < 1.29 is 5.11 Å². The van der Waals surface area contributed by atoms with Crippen molar-refractivity contribution in [1.29, 1.82) is 0 Å². The number of allylic oxidation sites excluding steroid dienone is 5. The molecule has 1 aromatic rings. The summed E-state index contributed by atoms with van der Waals surface area (Å²) in [5.74, 6) is 0.337. The van der Waals surface area contributed by atoms with Gasteiger partial charge in [-0.2, -0.15) is 0 Å². The first-order valence-corrected chi connectivity index (χ1v) is 9.03. The summed E-state index contributed by atoms with van der Waals surface area (Å²) in [7, 11) is 0. The lowest BCUT2D eigenvalue weighted by molar-refractivity contribution is 0.291. The van der Waals surface area contributed by atoms with E-state index in [2.05, 4.69) is 29.4 Å². The third-order valence-corrected chi connectivity index (χ3v) is 4.83. The molecule has 0 fully saturated rings. The molecule has 1 heterocycles. The maximum absolute atomic E-state index is 10.2. The van der Waals surface area contributed by atoms with E-state index in [9.17, 15) is 5.11 Å². The minimum absolute atomic E-state index is 0.337. The molecule has 0 radical (unpaired) electrons. The molecule has 0 atom stereocenters. The zero-order chi connectivity index (χ0) is 17.8. The van der Waals surface area contributed by atoms with Crippen molar-refractivity contribution in [2.45, 2.75) is 26.8 Å². The van der Waals surface area contributed by atoms with E-state index in [0.29, 0.717) is 5.75 Å². The van der Waals surface area contributed by atoms with Crippen molar-refractivity contribution >= 4 is 17.3 Å². The number of benzene rings is 1. The van der Waals surface area contributed by atoms with Gasteiger partial charge in [-0.05, 0) is 49.9 Å². The van der Waals surface area contributed by atoms with E-state index < -0.39 is 0 Å². The van der Waals surface area contributed by atoms with Gasteiger partial charge >= 0.3 is 0 Å². The van der Waals surface area contributed by atoms with Crippen molar-refractivity contribution in [3.63, 3.8) is 0 Å². The minimum Gasteiger partial charge on any atom is -0.508 e. The van der Waals surface area contributed by atoms with E-state index >= 15 is 0 Å². The van der Waals surface area contributed by atoms with E-state index in [-0.39, 0.29) is 0 Å². The largest absolute Gasteiger partial charge is 0.508 e. The average molecular weight is 358 g/mol. The average Bonchev–Trinajstić information content (AvgIpc) is 2.62. The van der Waals surface area contributed by atoms with Gasteiger partial charge in [-0.3, -0.25) is 4.90 Å². The zero-order valence-corrected chi connectivity index (χ0v) is 15.4. The van der Waals surface area contributed by atoms with Crippen LogP contribution in [0.25, 0.3) is 0 Å². The Kier molecular flexibility index (Phi) is 5.51. The molecule has 3 N–H and O–H groups in total. The Labute approximate surface area is 154 Å².